The number of thioether (sulfide) groups is 1. The molecule has 0 aliphatic heterocycles. The molecule has 1 aromatic carbocycles. The highest BCUT2D eigenvalue weighted by Crippen LogP contribution is 2.18. The monoisotopic (exact) mass is 269 g/mol. The maximum absolute atomic E-state index is 10.9. The minimum Gasteiger partial charge on any atom is -0.492 e. The van der Waals surface area contributed by atoms with Crippen LogP contribution in [0.4, 0.5) is 0 Å². The van der Waals surface area contributed by atoms with Crippen molar-refractivity contribution in [3.8, 4) is 5.75 Å². The molecule has 0 aromatic heterocycles. The van der Waals surface area contributed by atoms with E-state index in [1.54, 1.807) is 30.0 Å². The second-order valence-electron chi connectivity index (χ2n) is 3.89. The highest BCUT2D eigenvalue weighted by atomic mass is 32.2. The van der Waals surface area contributed by atoms with Gasteiger partial charge in [-0.3, -0.25) is 0 Å². The minimum absolute atomic E-state index is 0.202. The molecular formula is C13H19NO3S. The summed E-state index contributed by atoms with van der Waals surface area (Å²) in [5, 5.41) is 8.97. The number of carbonyl (C=O) groups is 1. The summed E-state index contributed by atoms with van der Waals surface area (Å²) in [4.78, 5) is 10.9. The van der Waals surface area contributed by atoms with Gasteiger partial charge in [0.1, 0.15) is 11.3 Å². The predicted octanol–water partition coefficient (Wildman–Crippen LogP) is 2.23. The van der Waals surface area contributed by atoms with Crippen molar-refractivity contribution in [2.75, 3.05) is 18.1 Å². The molecule has 100 valence electrons. The molecule has 1 aromatic rings. The number of nitrogens with two attached hydrogens (primary N) is 1. The fourth-order valence-corrected chi connectivity index (χ4v) is 2.24. The lowest BCUT2D eigenvalue weighted by Crippen LogP contribution is -2.21. The molecule has 1 rings (SSSR count). The van der Waals surface area contributed by atoms with E-state index in [2.05, 4.69) is 6.92 Å². The lowest BCUT2D eigenvalue weighted by molar-refractivity contribution is 0.0692. The summed E-state index contributed by atoms with van der Waals surface area (Å²) in [6.45, 7) is 2.55. The lowest BCUT2D eigenvalue weighted by Gasteiger charge is -2.10. The second kappa shape index (κ2) is 8.00. The third-order valence-electron chi connectivity index (χ3n) is 2.46. The molecule has 0 spiro atoms. The average Bonchev–Trinajstić information content (AvgIpc) is 2.38. The standard InChI is InChI=1S/C13H19NO3S/c1-2-10(14)9-18-8-7-17-12-6-4-3-5-11(12)13(15)16/h3-6,10H,2,7-9,14H2,1H3,(H,15,16). The van der Waals surface area contributed by atoms with Crippen LogP contribution in [0, 0.1) is 0 Å². The molecule has 0 fully saturated rings. The van der Waals surface area contributed by atoms with Crippen molar-refractivity contribution in [3.63, 3.8) is 0 Å². The van der Waals surface area contributed by atoms with Crippen molar-refractivity contribution in [1.82, 2.24) is 0 Å². The summed E-state index contributed by atoms with van der Waals surface area (Å²) < 4.78 is 5.47. The van der Waals surface area contributed by atoms with Gasteiger partial charge in [-0.25, -0.2) is 4.79 Å². The van der Waals surface area contributed by atoms with Crippen molar-refractivity contribution in [2.24, 2.45) is 5.73 Å². The summed E-state index contributed by atoms with van der Waals surface area (Å²) in [7, 11) is 0. The molecule has 3 N–H and O–H groups in total. The number of aromatic carboxylic acids is 1. The van der Waals surface area contributed by atoms with Crippen LogP contribution in [0.5, 0.6) is 5.75 Å². The number of carboxylic acid groups (broad SMARTS) is 1. The van der Waals surface area contributed by atoms with Crippen molar-refractivity contribution in [1.29, 1.82) is 0 Å². The van der Waals surface area contributed by atoms with Gasteiger partial charge in [0.05, 0.1) is 6.61 Å². The van der Waals surface area contributed by atoms with Gasteiger partial charge in [0.2, 0.25) is 0 Å². The largest absolute Gasteiger partial charge is 0.492 e. The fraction of sp³-hybridized carbons (Fsp3) is 0.462. The molecule has 0 bridgehead atoms. The van der Waals surface area contributed by atoms with Gasteiger partial charge < -0.3 is 15.6 Å². The van der Waals surface area contributed by atoms with Crippen LogP contribution < -0.4 is 10.5 Å². The highest BCUT2D eigenvalue weighted by molar-refractivity contribution is 7.99. The summed E-state index contributed by atoms with van der Waals surface area (Å²) >= 11 is 1.72. The zero-order chi connectivity index (χ0) is 13.4. The summed E-state index contributed by atoms with van der Waals surface area (Å²) in [6, 6.07) is 6.89. The zero-order valence-corrected chi connectivity index (χ0v) is 11.3. The lowest BCUT2D eigenvalue weighted by atomic mass is 10.2. The maximum atomic E-state index is 10.9. The van der Waals surface area contributed by atoms with Crippen LogP contribution in [0.1, 0.15) is 23.7 Å². The van der Waals surface area contributed by atoms with Crippen LogP contribution in [0.15, 0.2) is 24.3 Å². The molecular weight excluding hydrogens is 250 g/mol. The fourth-order valence-electron chi connectivity index (χ4n) is 1.33. The first-order valence-corrected chi connectivity index (χ1v) is 7.09. The quantitative estimate of drug-likeness (QED) is 0.708. The van der Waals surface area contributed by atoms with E-state index in [4.69, 9.17) is 15.6 Å². The minimum atomic E-state index is -0.966. The molecule has 0 saturated heterocycles. The summed E-state index contributed by atoms with van der Waals surface area (Å²) in [6.07, 6.45) is 0.968. The van der Waals surface area contributed by atoms with Crippen LogP contribution in [0.2, 0.25) is 0 Å². The van der Waals surface area contributed by atoms with Crippen LogP contribution in [-0.2, 0) is 0 Å². The van der Waals surface area contributed by atoms with Gasteiger partial charge in [-0.15, -0.1) is 0 Å². The van der Waals surface area contributed by atoms with Gasteiger partial charge in [-0.2, -0.15) is 11.8 Å². The van der Waals surface area contributed by atoms with E-state index in [0.29, 0.717) is 12.4 Å². The Morgan fingerprint density at radius 2 is 2.22 bits per heavy atom. The van der Waals surface area contributed by atoms with Gasteiger partial charge in [0.15, 0.2) is 0 Å². The number of hydrogen-bond acceptors (Lipinski definition) is 4. The Hall–Kier alpha value is -1.20. The number of hydrogen-bond donors (Lipinski definition) is 2. The molecule has 1 unspecified atom stereocenters. The smallest absolute Gasteiger partial charge is 0.339 e. The third-order valence-corrected chi connectivity index (χ3v) is 3.58. The molecule has 0 amide bonds. The van der Waals surface area contributed by atoms with Crippen molar-refractivity contribution in [3.05, 3.63) is 29.8 Å². The molecule has 5 heteroatoms. The topological polar surface area (TPSA) is 72.5 Å². The van der Waals surface area contributed by atoms with Gasteiger partial charge in [0, 0.05) is 17.5 Å². The maximum Gasteiger partial charge on any atom is 0.339 e. The van der Waals surface area contributed by atoms with E-state index >= 15 is 0 Å². The SMILES string of the molecule is CCC(N)CSCCOc1ccccc1C(=O)O. The summed E-state index contributed by atoms with van der Waals surface area (Å²) in [5.41, 5.74) is 5.99. The van der Waals surface area contributed by atoms with Gasteiger partial charge in [0.25, 0.3) is 0 Å². The first kappa shape index (κ1) is 14.9. The van der Waals surface area contributed by atoms with E-state index in [0.717, 1.165) is 17.9 Å². The van der Waals surface area contributed by atoms with E-state index in [1.807, 2.05) is 0 Å². The van der Waals surface area contributed by atoms with Crippen LogP contribution in [0.3, 0.4) is 0 Å². The predicted molar refractivity (Wildman–Crippen MR) is 74.5 cm³/mol. The van der Waals surface area contributed by atoms with Crippen molar-refractivity contribution >= 4 is 17.7 Å². The number of benzene rings is 1. The second-order valence-corrected chi connectivity index (χ2v) is 5.04. The Kier molecular flexibility index (Phi) is 6.60. The highest BCUT2D eigenvalue weighted by Gasteiger charge is 2.09. The molecule has 1 atom stereocenters. The average molecular weight is 269 g/mol. The van der Waals surface area contributed by atoms with E-state index in [1.165, 1.54) is 6.07 Å². The molecule has 18 heavy (non-hydrogen) atoms. The number of para-hydroxylation sites is 1. The van der Waals surface area contributed by atoms with Crippen LogP contribution in [-0.4, -0.2) is 35.2 Å². The Morgan fingerprint density at radius 1 is 1.50 bits per heavy atom. The van der Waals surface area contributed by atoms with Crippen molar-refractivity contribution < 1.29 is 14.6 Å². The first-order valence-electron chi connectivity index (χ1n) is 5.93. The Labute approximate surface area is 112 Å². The van der Waals surface area contributed by atoms with E-state index in [9.17, 15) is 4.79 Å². The van der Waals surface area contributed by atoms with E-state index in [-0.39, 0.29) is 11.6 Å². The Morgan fingerprint density at radius 3 is 2.89 bits per heavy atom. The van der Waals surface area contributed by atoms with Crippen LogP contribution in [0.25, 0.3) is 0 Å². The molecule has 0 radical (unpaired) electrons. The van der Waals surface area contributed by atoms with Crippen LogP contribution >= 0.6 is 11.8 Å². The van der Waals surface area contributed by atoms with E-state index < -0.39 is 5.97 Å². The van der Waals surface area contributed by atoms with Crippen molar-refractivity contribution in [2.45, 2.75) is 19.4 Å². The Balaban J connectivity index is 2.33. The molecule has 0 heterocycles. The van der Waals surface area contributed by atoms with Gasteiger partial charge >= 0.3 is 5.97 Å². The molecule has 0 aliphatic rings. The molecule has 0 aliphatic carbocycles. The molecule has 4 nitrogen and oxygen atoms in total. The molecule has 0 saturated carbocycles. The first-order chi connectivity index (χ1) is 8.65. The zero-order valence-electron chi connectivity index (χ0n) is 10.5. The number of ether oxygens (including phenoxy) is 1. The normalized spacial score (nSPS) is 12.1. The van der Waals surface area contributed by atoms with Gasteiger partial charge in [-0.05, 0) is 18.6 Å². The summed E-state index contributed by atoms with van der Waals surface area (Å²) in [5.74, 6) is 1.17. The Bertz CT molecular complexity index is 384. The van der Waals surface area contributed by atoms with Gasteiger partial charge in [-0.1, -0.05) is 19.1 Å². The number of carboxylic acids is 1. The number of rotatable bonds is 8. The third kappa shape index (κ3) is 4.98.